The van der Waals surface area contributed by atoms with Gasteiger partial charge in [-0.3, -0.25) is 0 Å². The number of nitrogens with zero attached hydrogens (tertiary/aromatic N) is 3. The van der Waals surface area contributed by atoms with E-state index in [1.807, 2.05) is 6.07 Å². The summed E-state index contributed by atoms with van der Waals surface area (Å²) in [5, 5.41) is 0.594. The second-order valence-electron chi connectivity index (χ2n) is 6.28. The Balaban J connectivity index is 1.61. The number of piperidine rings is 1. The highest BCUT2D eigenvalue weighted by molar-refractivity contribution is 6.29. The first-order valence-corrected chi connectivity index (χ1v) is 7.85. The van der Waals surface area contributed by atoms with E-state index in [1.54, 1.807) is 0 Å². The maximum Gasteiger partial charge on any atom is 0.133 e. The zero-order valence-corrected chi connectivity index (χ0v) is 12.5. The molecule has 4 rings (SSSR count). The third kappa shape index (κ3) is 2.25. The Morgan fingerprint density at radius 2 is 2.10 bits per heavy atom. The van der Waals surface area contributed by atoms with Crippen molar-refractivity contribution in [3.63, 3.8) is 0 Å². The largest absolute Gasteiger partial charge is 0.377 e. The summed E-state index contributed by atoms with van der Waals surface area (Å²) in [6.45, 7) is 6.98. The monoisotopic (exact) mass is 293 g/mol. The van der Waals surface area contributed by atoms with E-state index < -0.39 is 0 Å². The van der Waals surface area contributed by atoms with Crippen LogP contribution in [-0.2, 0) is 4.74 Å². The minimum Gasteiger partial charge on any atom is -0.377 e. The fraction of sp³-hybridized carbons (Fsp3) is 0.667. The van der Waals surface area contributed by atoms with E-state index in [0.29, 0.717) is 11.2 Å². The van der Waals surface area contributed by atoms with E-state index in [2.05, 4.69) is 27.8 Å². The van der Waals surface area contributed by atoms with Crippen LogP contribution in [0.2, 0.25) is 5.15 Å². The number of pyridine rings is 1. The van der Waals surface area contributed by atoms with Crippen molar-refractivity contribution >= 4 is 23.1 Å². The normalized spacial score (nSPS) is 32.4. The van der Waals surface area contributed by atoms with Gasteiger partial charge in [0.25, 0.3) is 0 Å². The van der Waals surface area contributed by atoms with Crippen molar-refractivity contribution in [2.45, 2.75) is 19.4 Å². The maximum atomic E-state index is 6.25. The van der Waals surface area contributed by atoms with Crippen molar-refractivity contribution in [3.05, 3.63) is 17.3 Å². The molecular weight excluding hydrogens is 274 g/mol. The minimum atomic E-state index is 0.391. The van der Waals surface area contributed by atoms with Crippen LogP contribution in [0.4, 0.5) is 11.5 Å². The molecule has 3 atom stereocenters. The molecule has 0 spiro atoms. The molecule has 0 amide bonds. The molecule has 2 aliphatic heterocycles. The molecule has 1 aromatic rings. The molecule has 1 aromatic heterocycles. The van der Waals surface area contributed by atoms with Crippen molar-refractivity contribution in [2.75, 3.05) is 42.6 Å². The molecule has 108 valence electrons. The lowest BCUT2D eigenvalue weighted by Crippen LogP contribution is -2.43. The molecule has 0 N–H and O–H groups in total. The number of halogens is 1. The summed E-state index contributed by atoms with van der Waals surface area (Å²) in [7, 11) is 0. The Morgan fingerprint density at radius 3 is 2.85 bits per heavy atom. The highest BCUT2D eigenvalue weighted by Crippen LogP contribution is 2.46. The van der Waals surface area contributed by atoms with Crippen LogP contribution in [0, 0.1) is 11.8 Å². The predicted molar refractivity (Wildman–Crippen MR) is 80.7 cm³/mol. The van der Waals surface area contributed by atoms with Crippen molar-refractivity contribution in [2.24, 2.45) is 11.8 Å². The molecule has 20 heavy (non-hydrogen) atoms. The van der Waals surface area contributed by atoms with Crippen LogP contribution in [0.15, 0.2) is 12.1 Å². The average molecular weight is 294 g/mol. The molecule has 1 aliphatic carbocycles. The quantitative estimate of drug-likeness (QED) is 0.783. The molecule has 2 unspecified atom stereocenters. The molecule has 4 nitrogen and oxygen atoms in total. The summed E-state index contributed by atoms with van der Waals surface area (Å²) in [4.78, 5) is 9.28. The number of fused-ring (bicyclic) bond motifs is 1. The average Bonchev–Trinajstić information content (AvgIpc) is 3.05. The summed E-state index contributed by atoms with van der Waals surface area (Å²) in [5.74, 6) is 2.85. The van der Waals surface area contributed by atoms with Gasteiger partial charge in [0.15, 0.2) is 0 Å². The van der Waals surface area contributed by atoms with Crippen LogP contribution in [0.25, 0.3) is 0 Å². The fourth-order valence-corrected chi connectivity index (χ4v) is 3.69. The molecule has 3 fully saturated rings. The molecule has 0 bridgehead atoms. The molecule has 3 aliphatic rings. The second kappa shape index (κ2) is 4.78. The summed E-state index contributed by atoms with van der Waals surface area (Å²) in [5.41, 5.74) is 1.18. The third-order valence-electron chi connectivity index (χ3n) is 4.77. The lowest BCUT2D eigenvalue weighted by atomic mass is 10.2. The van der Waals surface area contributed by atoms with Gasteiger partial charge in [-0.15, -0.1) is 0 Å². The van der Waals surface area contributed by atoms with Gasteiger partial charge in [-0.1, -0.05) is 11.6 Å². The minimum absolute atomic E-state index is 0.391. The van der Waals surface area contributed by atoms with Crippen LogP contribution < -0.4 is 9.80 Å². The molecule has 0 aromatic carbocycles. The Morgan fingerprint density at radius 1 is 1.30 bits per heavy atom. The van der Waals surface area contributed by atoms with Crippen molar-refractivity contribution in [1.82, 2.24) is 4.98 Å². The number of rotatable bonds is 2. The maximum absolute atomic E-state index is 6.25. The number of anilines is 2. The highest BCUT2D eigenvalue weighted by Gasteiger charge is 2.45. The van der Waals surface area contributed by atoms with Gasteiger partial charge in [0.2, 0.25) is 0 Å². The van der Waals surface area contributed by atoms with Crippen LogP contribution in [0.1, 0.15) is 13.3 Å². The van der Waals surface area contributed by atoms with Crippen LogP contribution >= 0.6 is 11.6 Å². The highest BCUT2D eigenvalue weighted by atomic mass is 35.5. The zero-order chi connectivity index (χ0) is 13.7. The van der Waals surface area contributed by atoms with Crippen LogP contribution in [0.3, 0.4) is 0 Å². The lowest BCUT2D eigenvalue weighted by Gasteiger charge is -2.35. The van der Waals surface area contributed by atoms with E-state index in [9.17, 15) is 0 Å². The standard InChI is InChI=1S/C15H20ClN3O/c1-10-9-20-3-2-19(10)13-5-14(16)17-15(6-13)18-7-11-4-12(11)8-18/h5-6,10-12H,2-4,7-9H2,1H3/t10-,11?,12?/m1/s1. The van der Waals surface area contributed by atoms with Crippen molar-refractivity contribution in [3.8, 4) is 0 Å². The first-order valence-electron chi connectivity index (χ1n) is 7.47. The smallest absolute Gasteiger partial charge is 0.133 e. The van der Waals surface area contributed by atoms with Gasteiger partial charge >= 0.3 is 0 Å². The number of ether oxygens (including phenoxy) is 1. The number of hydrogen-bond acceptors (Lipinski definition) is 4. The summed E-state index contributed by atoms with van der Waals surface area (Å²) >= 11 is 6.25. The SMILES string of the molecule is C[C@@H]1COCCN1c1cc(Cl)nc(N2CC3CC3C2)c1. The first kappa shape index (κ1) is 12.7. The Bertz CT molecular complexity index is 514. The topological polar surface area (TPSA) is 28.6 Å². The number of hydrogen-bond donors (Lipinski definition) is 0. The second-order valence-corrected chi connectivity index (χ2v) is 6.67. The van der Waals surface area contributed by atoms with E-state index in [0.717, 1.165) is 50.5 Å². The fourth-order valence-electron chi connectivity index (χ4n) is 3.49. The van der Waals surface area contributed by atoms with Gasteiger partial charge in [0, 0.05) is 37.4 Å². The third-order valence-corrected chi connectivity index (χ3v) is 4.96. The number of aromatic nitrogens is 1. The van der Waals surface area contributed by atoms with Gasteiger partial charge < -0.3 is 14.5 Å². The predicted octanol–water partition coefficient (Wildman–Crippen LogP) is 2.42. The first-order chi connectivity index (χ1) is 9.70. The Kier molecular flexibility index (Phi) is 3.04. The van der Waals surface area contributed by atoms with E-state index in [-0.39, 0.29) is 0 Å². The Labute approximate surface area is 124 Å². The summed E-state index contributed by atoms with van der Waals surface area (Å²) in [6.07, 6.45) is 1.41. The molecule has 1 saturated carbocycles. The van der Waals surface area contributed by atoms with E-state index in [4.69, 9.17) is 16.3 Å². The summed E-state index contributed by atoms with van der Waals surface area (Å²) < 4.78 is 5.51. The number of morpholine rings is 1. The summed E-state index contributed by atoms with van der Waals surface area (Å²) in [6, 6.07) is 4.56. The molecule has 0 radical (unpaired) electrons. The lowest BCUT2D eigenvalue weighted by molar-refractivity contribution is 0.0989. The van der Waals surface area contributed by atoms with Gasteiger partial charge in [-0.25, -0.2) is 4.98 Å². The van der Waals surface area contributed by atoms with Gasteiger partial charge in [-0.05, 0) is 31.2 Å². The van der Waals surface area contributed by atoms with Crippen molar-refractivity contribution < 1.29 is 4.74 Å². The van der Waals surface area contributed by atoms with Crippen molar-refractivity contribution in [1.29, 1.82) is 0 Å². The molecule has 2 saturated heterocycles. The van der Waals surface area contributed by atoms with Crippen LogP contribution in [-0.4, -0.2) is 43.9 Å². The van der Waals surface area contributed by atoms with Gasteiger partial charge in [0.05, 0.1) is 13.2 Å². The Hall–Kier alpha value is -1.00. The van der Waals surface area contributed by atoms with E-state index in [1.165, 1.54) is 12.1 Å². The van der Waals surface area contributed by atoms with Gasteiger partial charge in [-0.2, -0.15) is 0 Å². The van der Waals surface area contributed by atoms with Gasteiger partial charge in [0.1, 0.15) is 11.0 Å². The molecule has 3 heterocycles. The van der Waals surface area contributed by atoms with Crippen LogP contribution in [0.5, 0.6) is 0 Å². The molecular formula is C15H20ClN3O. The van der Waals surface area contributed by atoms with E-state index >= 15 is 0 Å². The zero-order valence-electron chi connectivity index (χ0n) is 11.8. The molecule has 5 heteroatoms.